The molecule has 0 aromatic rings. The lowest BCUT2D eigenvalue weighted by atomic mass is 10.2. The van der Waals surface area contributed by atoms with Crippen LogP contribution in [0.3, 0.4) is 0 Å². The Bertz CT molecular complexity index is 110. The SMILES string of the molecule is O=[C]C1C=CC=C1. The van der Waals surface area contributed by atoms with E-state index in [1.807, 2.05) is 18.4 Å². The number of hydrogen-bond donors (Lipinski definition) is 0. The Kier molecular flexibility index (Phi) is 1.07. The summed E-state index contributed by atoms with van der Waals surface area (Å²) in [6.45, 7) is 0. The van der Waals surface area contributed by atoms with E-state index in [9.17, 15) is 4.79 Å². The highest BCUT2D eigenvalue weighted by molar-refractivity contribution is 5.62. The summed E-state index contributed by atoms with van der Waals surface area (Å²) in [6.07, 6.45) is 9.12. The average Bonchev–Trinajstić information content (AvgIpc) is 2.14. The van der Waals surface area contributed by atoms with E-state index in [4.69, 9.17) is 0 Å². The topological polar surface area (TPSA) is 17.1 Å². The summed E-state index contributed by atoms with van der Waals surface area (Å²) in [5, 5.41) is 0. The predicted octanol–water partition coefficient (Wildman–Crippen LogP) is 0.838. The second-order valence-electron chi connectivity index (χ2n) is 1.41. The molecule has 0 saturated heterocycles. The third kappa shape index (κ3) is 0.769. The lowest BCUT2D eigenvalue weighted by Gasteiger charge is -1.81. The van der Waals surface area contributed by atoms with E-state index < -0.39 is 0 Å². The van der Waals surface area contributed by atoms with Crippen LogP contribution in [0.15, 0.2) is 24.3 Å². The summed E-state index contributed by atoms with van der Waals surface area (Å²) < 4.78 is 0. The van der Waals surface area contributed by atoms with Crippen molar-refractivity contribution in [3.63, 3.8) is 0 Å². The van der Waals surface area contributed by atoms with Crippen molar-refractivity contribution < 1.29 is 4.79 Å². The van der Waals surface area contributed by atoms with Crippen LogP contribution in [-0.4, -0.2) is 6.29 Å². The van der Waals surface area contributed by atoms with Crippen LogP contribution in [0.1, 0.15) is 0 Å². The summed E-state index contributed by atoms with van der Waals surface area (Å²) in [7, 11) is 0. The summed E-state index contributed by atoms with van der Waals surface area (Å²) in [4.78, 5) is 9.78. The standard InChI is InChI=1S/C6H5O/c7-5-6-3-1-2-4-6/h1-4,6H. The quantitative estimate of drug-likeness (QED) is 0.469. The molecular weight excluding hydrogens is 88.1 g/mol. The minimum absolute atomic E-state index is 0.0694. The van der Waals surface area contributed by atoms with Crippen LogP contribution in [0.4, 0.5) is 0 Å². The molecule has 1 nitrogen and oxygen atoms in total. The largest absolute Gasteiger partial charge is 0.290 e. The summed E-state index contributed by atoms with van der Waals surface area (Å²) in [6, 6.07) is 0. The van der Waals surface area contributed by atoms with Crippen LogP contribution in [0.5, 0.6) is 0 Å². The fourth-order valence-corrected chi connectivity index (χ4v) is 0.510. The predicted molar refractivity (Wildman–Crippen MR) is 27.5 cm³/mol. The first-order chi connectivity index (χ1) is 3.43. The van der Waals surface area contributed by atoms with E-state index in [0.29, 0.717) is 0 Å². The summed E-state index contributed by atoms with van der Waals surface area (Å²) >= 11 is 0. The normalized spacial score (nSPS) is 18.3. The van der Waals surface area contributed by atoms with Crippen LogP contribution in [0.2, 0.25) is 0 Å². The van der Waals surface area contributed by atoms with Crippen molar-refractivity contribution in [1.29, 1.82) is 0 Å². The van der Waals surface area contributed by atoms with Gasteiger partial charge in [0, 0.05) is 0 Å². The van der Waals surface area contributed by atoms with Gasteiger partial charge in [-0.25, -0.2) is 0 Å². The Labute approximate surface area is 42.3 Å². The Balaban J connectivity index is 2.59. The van der Waals surface area contributed by atoms with Gasteiger partial charge in [-0.2, -0.15) is 0 Å². The van der Waals surface area contributed by atoms with E-state index in [2.05, 4.69) is 0 Å². The third-order valence-electron chi connectivity index (χ3n) is 0.884. The molecule has 35 valence electrons. The number of carbonyl (C=O) groups excluding carboxylic acids is 1. The van der Waals surface area contributed by atoms with Crippen molar-refractivity contribution in [1.82, 2.24) is 0 Å². The van der Waals surface area contributed by atoms with Gasteiger partial charge in [0.15, 0.2) is 0 Å². The van der Waals surface area contributed by atoms with Gasteiger partial charge in [-0.15, -0.1) is 0 Å². The van der Waals surface area contributed by atoms with Crippen LogP contribution in [0, 0.1) is 5.92 Å². The fraction of sp³-hybridized carbons (Fsp3) is 0.167. The lowest BCUT2D eigenvalue weighted by molar-refractivity contribution is 0.548. The molecule has 7 heavy (non-hydrogen) atoms. The third-order valence-corrected chi connectivity index (χ3v) is 0.884. The molecule has 0 N–H and O–H groups in total. The Morgan fingerprint density at radius 3 is 2.14 bits per heavy atom. The van der Waals surface area contributed by atoms with Crippen molar-refractivity contribution in [3.05, 3.63) is 24.3 Å². The highest BCUT2D eigenvalue weighted by Crippen LogP contribution is 2.03. The highest BCUT2D eigenvalue weighted by Gasteiger charge is 1.98. The molecule has 0 saturated carbocycles. The molecule has 1 aliphatic carbocycles. The van der Waals surface area contributed by atoms with Crippen LogP contribution >= 0.6 is 0 Å². The molecule has 0 aliphatic heterocycles. The van der Waals surface area contributed by atoms with Gasteiger partial charge >= 0.3 is 0 Å². The van der Waals surface area contributed by atoms with Gasteiger partial charge in [0.05, 0.1) is 5.92 Å². The van der Waals surface area contributed by atoms with Crippen molar-refractivity contribution in [2.45, 2.75) is 0 Å². The van der Waals surface area contributed by atoms with Crippen LogP contribution < -0.4 is 0 Å². The molecular formula is C6H5O. The second kappa shape index (κ2) is 1.73. The van der Waals surface area contributed by atoms with Crippen LogP contribution in [0.25, 0.3) is 0 Å². The van der Waals surface area contributed by atoms with Gasteiger partial charge in [0.1, 0.15) is 0 Å². The van der Waals surface area contributed by atoms with Crippen molar-refractivity contribution in [3.8, 4) is 0 Å². The Morgan fingerprint density at radius 2 is 1.86 bits per heavy atom. The van der Waals surface area contributed by atoms with Crippen molar-refractivity contribution in [2.75, 3.05) is 0 Å². The van der Waals surface area contributed by atoms with Gasteiger partial charge in [-0.05, 0) is 0 Å². The van der Waals surface area contributed by atoms with Crippen molar-refractivity contribution >= 4 is 6.29 Å². The molecule has 0 unspecified atom stereocenters. The van der Waals surface area contributed by atoms with E-state index >= 15 is 0 Å². The maximum absolute atomic E-state index is 9.78. The molecule has 1 radical (unpaired) electrons. The van der Waals surface area contributed by atoms with E-state index in [1.165, 1.54) is 0 Å². The lowest BCUT2D eigenvalue weighted by Crippen LogP contribution is -1.86. The molecule has 0 fully saturated rings. The van der Waals surface area contributed by atoms with Crippen molar-refractivity contribution in [2.24, 2.45) is 5.92 Å². The van der Waals surface area contributed by atoms with E-state index in [0.717, 1.165) is 0 Å². The van der Waals surface area contributed by atoms with Crippen LogP contribution in [-0.2, 0) is 4.79 Å². The first-order valence-corrected chi connectivity index (χ1v) is 2.16. The van der Waals surface area contributed by atoms with E-state index in [-0.39, 0.29) is 5.92 Å². The molecule has 1 rings (SSSR count). The highest BCUT2D eigenvalue weighted by atomic mass is 16.1. The smallest absolute Gasteiger partial charge is 0.209 e. The zero-order valence-corrected chi connectivity index (χ0v) is 3.79. The van der Waals surface area contributed by atoms with Gasteiger partial charge in [-0.3, -0.25) is 4.79 Å². The molecule has 0 atom stereocenters. The molecule has 0 bridgehead atoms. The first kappa shape index (κ1) is 4.31. The molecule has 1 heteroatoms. The fourth-order valence-electron chi connectivity index (χ4n) is 0.510. The minimum atomic E-state index is -0.0694. The van der Waals surface area contributed by atoms with E-state index in [1.54, 1.807) is 12.2 Å². The minimum Gasteiger partial charge on any atom is -0.290 e. The number of rotatable bonds is 1. The number of hydrogen-bond acceptors (Lipinski definition) is 1. The average molecular weight is 93.1 g/mol. The Hall–Kier alpha value is -0.850. The second-order valence-corrected chi connectivity index (χ2v) is 1.41. The molecule has 0 heterocycles. The zero-order chi connectivity index (χ0) is 5.11. The molecule has 1 aliphatic rings. The van der Waals surface area contributed by atoms with Gasteiger partial charge < -0.3 is 0 Å². The first-order valence-electron chi connectivity index (χ1n) is 2.16. The van der Waals surface area contributed by atoms with Gasteiger partial charge in [0.25, 0.3) is 0 Å². The zero-order valence-electron chi connectivity index (χ0n) is 3.79. The molecule has 0 spiro atoms. The Morgan fingerprint density at radius 1 is 1.29 bits per heavy atom. The van der Waals surface area contributed by atoms with Gasteiger partial charge in [-0.1, -0.05) is 24.3 Å². The maximum atomic E-state index is 9.78. The monoisotopic (exact) mass is 93.0 g/mol. The summed E-state index contributed by atoms with van der Waals surface area (Å²) in [5.74, 6) is -0.0694. The van der Waals surface area contributed by atoms with Gasteiger partial charge in [0.2, 0.25) is 6.29 Å². The summed E-state index contributed by atoms with van der Waals surface area (Å²) in [5.41, 5.74) is 0. The molecule has 0 aromatic carbocycles. The molecule has 0 aromatic heterocycles. The number of allylic oxidation sites excluding steroid dienone is 4. The maximum Gasteiger partial charge on any atom is 0.209 e. The molecule has 0 amide bonds.